The topological polar surface area (TPSA) is 71.0 Å². The van der Waals surface area contributed by atoms with Crippen molar-refractivity contribution in [2.75, 3.05) is 25.0 Å². The van der Waals surface area contributed by atoms with Crippen molar-refractivity contribution >= 4 is 62.4 Å². The molecule has 1 unspecified atom stereocenters. The van der Waals surface area contributed by atoms with Gasteiger partial charge < -0.3 is 10.1 Å². The molecule has 0 aromatic heterocycles. The molecule has 1 N–H and O–H groups in total. The molecular weight excluding hydrogens is 517 g/mol. The van der Waals surface area contributed by atoms with E-state index in [1.807, 2.05) is 12.1 Å². The molecule has 168 valence electrons. The van der Waals surface area contributed by atoms with Crippen LogP contribution in [0, 0.1) is 5.41 Å². The summed E-state index contributed by atoms with van der Waals surface area (Å²) in [5.74, 6) is -0.734. The number of anilines is 1. The zero-order valence-corrected chi connectivity index (χ0v) is 20.5. The second-order valence-corrected chi connectivity index (χ2v) is 9.22. The fraction of sp³-hybridized carbons (Fsp3) is 0.261. The highest BCUT2D eigenvalue weighted by Gasteiger charge is 2.51. The van der Waals surface area contributed by atoms with Crippen LogP contribution >= 0.6 is 39.1 Å². The number of hydrazone groups is 1. The van der Waals surface area contributed by atoms with Crippen LogP contribution in [0.5, 0.6) is 0 Å². The molecule has 1 aliphatic rings. The molecule has 6 nitrogen and oxygen atoms in total. The number of ether oxygens (including phenoxy) is 1. The van der Waals surface area contributed by atoms with Crippen molar-refractivity contribution in [2.24, 2.45) is 10.5 Å². The lowest BCUT2D eigenvalue weighted by Crippen LogP contribution is -2.44. The molecule has 1 amide bonds. The number of esters is 1. The average molecular weight is 539 g/mol. The Kier molecular flexibility index (Phi) is 7.98. The molecule has 0 aliphatic carbocycles. The summed E-state index contributed by atoms with van der Waals surface area (Å²) in [7, 11) is 0. The third-order valence-electron chi connectivity index (χ3n) is 4.88. The van der Waals surface area contributed by atoms with Gasteiger partial charge in [-0.15, -0.1) is 0 Å². The first-order valence-electron chi connectivity index (χ1n) is 9.89. The van der Waals surface area contributed by atoms with Gasteiger partial charge in [0.15, 0.2) is 0 Å². The van der Waals surface area contributed by atoms with Crippen LogP contribution in [0.2, 0.25) is 5.02 Å². The molecule has 0 radical (unpaired) electrons. The van der Waals surface area contributed by atoms with Gasteiger partial charge in [0.2, 0.25) is 5.91 Å². The number of allylic oxidation sites excluding steroid dienone is 1. The summed E-state index contributed by atoms with van der Waals surface area (Å²) in [5.41, 5.74) is 0.618. The van der Waals surface area contributed by atoms with Crippen molar-refractivity contribution < 1.29 is 14.3 Å². The summed E-state index contributed by atoms with van der Waals surface area (Å²) < 4.78 is 6.30. The van der Waals surface area contributed by atoms with E-state index in [0.717, 1.165) is 4.47 Å². The molecule has 3 rings (SSSR count). The van der Waals surface area contributed by atoms with Crippen LogP contribution in [0.25, 0.3) is 0 Å². The molecule has 1 aliphatic heterocycles. The average Bonchev–Trinajstić information content (AvgIpc) is 3.08. The SMILES string of the molecule is C=C(Cl)CC1(C(=O)OCC)CN(CC(=O)Nc2ccc(Br)cc2)N=C1c1ccc(Cl)cc1. The maximum Gasteiger partial charge on any atom is 0.320 e. The van der Waals surface area contributed by atoms with E-state index in [2.05, 4.69) is 32.9 Å². The maximum absolute atomic E-state index is 13.1. The fourth-order valence-corrected chi connectivity index (χ4v) is 4.18. The number of carbonyl (C=O) groups excluding carboxylic acids is 2. The molecule has 0 bridgehead atoms. The minimum atomic E-state index is -1.19. The van der Waals surface area contributed by atoms with Crippen molar-refractivity contribution in [3.8, 4) is 0 Å². The molecule has 0 saturated heterocycles. The minimum Gasteiger partial charge on any atom is -0.465 e. The fourth-order valence-electron chi connectivity index (χ4n) is 3.56. The lowest BCUT2D eigenvalue weighted by atomic mass is 9.77. The molecule has 0 saturated carbocycles. The lowest BCUT2D eigenvalue weighted by Gasteiger charge is -2.28. The van der Waals surface area contributed by atoms with Crippen LogP contribution in [-0.2, 0) is 14.3 Å². The van der Waals surface area contributed by atoms with E-state index < -0.39 is 11.4 Å². The molecule has 0 fully saturated rings. The Morgan fingerprint density at radius 3 is 2.47 bits per heavy atom. The van der Waals surface area contributed by atoms with Gasteiger partial charge in [0.1, 0.15) is 12.0 Å². The number of rotatable bonds is 8. The number of carbonyl (C=O) groups is 2. The Hall–Kier alpha value is -2.35. The quantitative estimate of drug-likeness (QED) is 0.453. The second kappa shape index (κ2) is 10.5. The summed E-state index contributed by atoms with van der Waals surface area (Å²) in [6.07, 6.45) is 0.125. The summed E-state index contributed by atoms with van der Waals surface area (Å²) in [6, 6.07) is 14.2. The number of amides is 1. The van der Waals surface area contributed by atoms with E-state index in [0.29, 0.717) is 27.0 Å². The number of hydrogen-bond acceptors (Lipinski definition) is 5. The Morgan fingerprint density at radius 2 is 1.88 bits per heavy atom. The van der Waals surface area contributed by atoms with Crippen molar-refractivity contribution in [3.63, 3.8) is 0 Å². The number of nitrogens with one attached hydrogen (secondary N) is 1. The highest BCUT2D eigenvalue weighted by atomic mass is 79.9. The van der Waals surface area contributed by atoms with Gasteiger partial charge in [0, 0.05) is 26.6 Å². The first-order valence-corrected chi connectivity index (χ1v) is 11.4. The van der Waals surface area contributed by atoms with Gasteiger partial charge in [0.25, 0.3) is 0 Å². The van der Waals surface area contributed by atoms with Crippen LogP contribution in [0.15, 0.2) is 69.7 Å². The van der Waals surface area contributed by atoms with Crippen LogP contribution in [0.1, 0.15) is 18.9 Å². The van der Waals surface area contributed by atoms with Gasteiger partial charge >= 0.3 is 5.97 Å². The largest absolute Gasteiger partial charge is 0.465 e. The van der Waals surface area contributed by atoms with Gasteiger partial charge in [-0.2, -0.15) is 5.10 Å². The first-order chi connectivity index (χ1) is 15.2. The van der Waals surface area contributed by atoms with Gasteiger partial charge in [-0.25, -0.2) is 0 Å². The number of halogens is 3. The zero-order valence-electron chi connectivity index (χ0n) is 17.4. The Bertz CT molecular complexity index is 1040. The third kappa shape index (κ3) is 5.71. The van der Waals surface area contributed by atoms with Crippen LogP contribution in [0.3, 0.4) is 0 Å². The van der Waals surface area contributed by atoms with Crippen molar-refractivity contribution in [1.29, 1.82) is 0 Å². The number of hydrogen-bond donors (Lipinski definition) is 1. The predicted molar refractivity (Wildman–Crippen MR) is 131 cm³/mol. The highest BCUT2D eigenvalue weighted by Crippen LogP contribution is 2.39. The lowest BCUT2D eigenvalue weighted by molar-refractivity contribution is -0.151. The Labute approximate surface area is 205 Å². The van der Waals surface area contributed by atoms with Gasteiger partial charge in [0.05, 0.1) is 18.9 Å². The molecule has 32 heavy (non-hydrogen) atoms. The van der Waals surface area contributed by atoms with Crippen LogP contribution in [0.4, 0.5) is 5.69 Å². The Morgan fingerprint density at radius 1 is 1.22 bits per heavy atom. The monoisotopic (exact) mass is 537 g/mol. The van der Waals surface area contributed by atoms with E-state index in [1.54, 1.807) is 48.3 Å². The minimum absolute atomic E-state index is 0.0525. The second-order valence-electron chi connectivity index (χ2n) is 7.33. The zero-order chi connectivity index (χ0) is 23.3. The normalized spacial score (nSPS) is 17.6. The molecule has 0 spiro atoms. The van der Waals surface area contributed by atoms with Crippen LogP contribution < -0.4 is 5.32 Å². The number of nitrogens with zero attached hydrogens (tertiary/aromatic N) is 2. The first kappa shape index (κ1) is 24.3. The summed E-state index contributed by atoms with van der Waals surface area (Å²) in [5, 5.41) is 9.86. The molecule has 2 aromatic carbocycles. The van der Waals surface area contributed by atoms with Gasteiger partial charge in [-0.05, 0) is 48.9 Å². The van der Waals surface area contributed by atoms with E-state index in [4.69, 9.17) is 27.9 Å². The molecular formula is C23H22BrCl2N3O3. The van der Waals surface area contributed by atoms with Crippen molar-refractivity contribution in [3.05, 3.63) is 75.2 Å². The summed E-state index contributed by atoms with van der Waals surface area (Å²) >= 11 is 15.6. The van der Waals surface area contributed by atoms with Crippen molar-refractivity contribution in [2.45, 2.75) is 13.3 Å². The molecule has 9 heteroatoms. The van der Waals surface area contributed by atoms with E-state index in [1.165, 1.54) is 0 Å². The Balaban J connectivity index is 1.91. The third-order valence-corrected chi connectivity index (χ3v) is 5.79. The summed E-state index contributed by atoms with van der Waals surface area (Å²) in [6.45, 7) is 5.79. The molecule has 1 atom stereocenters. The highest BCUT2D eigenvalue weighted by molar-refractivity contribution is 9.10. The smallest absolute Gasteiger partial charge is 0.320 e. The van der Waals surface area contributed by atoms with Gasteiger partial charge in [-0.1, -0.05) is 57.8 Å². The molecule has 2 aromatic rings. The standard InChI is InChI=1S/C23H22BrCl2N3O3/c1-3-32-22(31)23(12-15(2)25)14-29(28-21(23)16-4-8-18(26)9-5-16)13-20(30)27-19-10-6-17(24)7-11-19/h4-11H,2-3,12-14H2,1H3,(H,27,30). The van der Waals surface area contributed by atoms with E-state index >= 15 is 0 Å². The maximum atomic E-state index is 13.1. The van der Waals surface area contributed by atoms with E-state index in [-0.39, 0.29) is 32.0 Å². The van der Waals surface area contributed by atoms with E-state index in [9.17, 15) is 9.59 Å². The summed E-state index contributed by atoms with van der Waals surface area (Å²) in [4.78, 5) is 25.8. The predicted octanol–water partition coefficient (Wildman–Crippen LogP) is 5.45. The van der Waals surface area contributed by atoms with Crippen LogP contribution in [-0.4, -0.2) is 42.3 Å². The molecule has 1 heterocycles. The van der Waals surface area contributed by atoms with Gasteiger partial charge in [-0.3, -0.25) is 14.6 Å². The van der Waals surface area contributed by atoms with Crippen molar-refractivity contribution in [1.82, 2.24) is 5.01 Å². The number of benzene rings is 2.